The number of aromatic amines is 1. The van der Waals surface area contributed by atoms with Crippen molar-refractivity contribution in [3.05, 3.63) is 41.3 Å². The molecule has 0 atom stereocenters. The summed E-state index contributed by atoms with van der Waals surface area (Å²) in [5, 5.41) is 0. The lowest BCUT2D eigenvalue weighted by Crippen LogP contribution is -1.93. The second kappa shape index (κ2) is 4.23. The third-order valence-electron chi connectivity index (χ3n) is 2.08. The third-order valence-corrected chi connectivity index (χ3v) is 2.37. The standard InChI is InChI=1S/C11H10N2OS/c1-14-10-9(12-7-13-11(10)15)8-5-3-2-4-6-8/h2-7H,1H3,(H,12,13,15). The first-order chi connectivity index (χ1) is 7.33. The molecule has 0 bridgehead atoms. The van der Waals surface area contributed by atoms with Gasteiger partial charge in [0, 0.05) is 5.56 Å². The molecule has 15 heavy (non-hydrogen) atoms. The quantitative estimate of drug-likeness (QED) is 0.788. The van der Waals surface area contributed by atoms with Crippen molar-refractivity contribution in [1.29, 1.82) is 0 Å². The maximum absolute atomic E-state index is 5.23. The molecule has 76 valence electrons. The van der Waals surface area contributed by atoms with Gasteiger partial charge in [0.1, 0.15) is 0 Å². The molecule has 4 heteroatoms. The van der Waals surface area contributed by atoms with Crippen LogP contribution < -0.4 is 4.74 Å². The summed E-state index contributed by atoms with van der Waals surface area (Å²) in [5.41, 5.74) is 1.89. The van der Waals surface area contributed by atoms with Gasteiger partial charge in [0.2, 0.25) is 0 Å². The minimum absolute atomic E-state index is 0.468. The molecule has 0 saturated carbocycles. The fourth-order valence-electron chi connectivity index (χ4n) is 1.40. The minimum Gasteiger partial charge on any atom is -0.491 e. The van der Waals surface area contributed by atoms with Crippen molar-refractivity contribution < 1.29 is 4.74 Å². The molecule has 0 radical (unpaired) electrons. The molecule has 0 fully saturated rings. The van der Waals surface area contributed by atoms with Crippen LogP contribution in [0.4, 0.5) is 0 Å². The third kappa shape index (κ3) is 1.89. The van der Waals surface area contributed by atoms with Crippen molar-refractivity contribution in [1.82, 2.24) is 9.97 Å². The summed E-state index contributed by atoms with van der Waals surface area (Å²) in [7, 11) is 1.59. The Bertz CT molecular complexity index is 507. The van der Waals surface area contributed by atoms with Gasteiger partial charge in [0.05, 0.1) is 19.1 Å². The first-order valence-corrected chi connectivity index (χ1v) is 4.91. The monoisotopic (exact) mass is 218 g/mol. The molecule has 3 nitrogen and oxygen atoms in total. The average molecular weight is 218 g/mol. The van der Waals surface area contributed by atoms with E-state index in [-0.39, 0.29) is 0 Å². The molecule has 1 heterocycles. The summed E-state index contributed by atoms with van der Waals surface area (Å²) in [4.78, 5) is 7.01. The Hall–Kier alpha value is -1.68. The minimum atomic E-state index is 0.468. The molecule has 0 amide bonds. The van der Waals surface area contributed by atoms with E-state index in [1.54, 1.807) is 13.4 Å². The highest BCUT2D eigenvalue weighted by Crippen LogP contribution is 2.26. The molecule has 1 N–H and O–H groups in total. The molecule has 0 aliphatic carbocycles. The maximum atomic E-state index is 5.23. The Morgan fingerprint density at radius 1 is 1.27 bits per heavy atom. The lowest BCUT2D eigenvalue weighted by atomic mass is 10.1. The lowest BCUT2D eigenvalue weighted by Gasteiger charge is -2.07. The van der Waals surface area contributed by atoms with Crippen LogP contribution in [0.5, 0.6) is 5.75 Å². The smallest absolute Gasteiger partial charge is 0.179 e. The second-order valence-electron chi connectivity index (χ2n) is 2.98. The zero-order valence-corrected chi connectivity index (χ0v) is 9.04. The highest BCUT2D eigenvalue weighted by molar-refractivity contribution is 7.71. The van der Waals surface area contributed by atoms with Crippen molar-refractivity contribution in [3.8, 4) is 17.0 Å². The van der Waals surface area contributed by atoms with Crippen LogP contribution in [0, 0.1) is 4.64 Å². The number of hydrogen-bond acceptors (Lipinski definition) is 3. The molecule has 0 saturated heterocycles. The number of aromatic nitrogens is 2. The topological polar surface area (TPSA) is 37.9 Å². The molecule has 0 unspecified atom stereocenters. The van der Waals surface area contributed by atoms with E-state index in [1.807, 2.05) is 30.3 Å². The van der Waals surface area contributed by atoms with E-state index in [2.05, 4.69) is 9.97 Å². The van der Waals surface area contributed by atoms with Crippen LogP contribution in [0.2, 0.25) is 0 Å². The Labute approximate surface area is 92.8 Å². The molecule has 1 aromatic carbocycles. The normalized spacial score (nSPS) is 9.93. The van der Waals surface area contributed by atoms with E-state index in [0.29, 0.717) is 10.4 Å². The van der Waals surface area contributed by atoms with Gasteiger partial charge in [-0.2, -0.15) is 0 Å². The summed E-state index contributed by atoms with van der Waals surface area (Å²) in [5.74, 6) is 0.610. The molecule has 2 rings (SSSR count). The van der Waals surface area contributed by atoms with Crippen molar-refractivity contribution in [2.75, 3.05) is 7.11 Å². The molecule has 0 aliphatic heterocycles. The molecule has 0 spiro atoms. The Kier molecular flexibility index (Phi) is 2.78. The van der Waals surface area contributed by atoms with Gasteiger partial charge in [0.15, 0.2) is 10.4 Å². The van der Waals surface area contributed by atoms with Crippen molar-refractivity contribution in [2.45, 2.75) is 0 Å². The van der Waals surface area contributed by atoms with Gasteiger partial charge >= 0.3 is 0 Å². The highest BCUT2D eigenvalue weighted by atomic mass is 32.1. The first-order valence-electron chi connectivity index (χ1n) is 4.50. The molecule has 2 aromatic rings. The number of hydrogen-bond donors (Lipinski definition) is 1. The number of methoxy groups -OCH3 is 1. The van der Waals surface area contributed by atoms with Gasteiger partial charge in [-0.3, -0.25) is 0 Å². The Morgan fingerprint density at radius 3 is 2.67 bits per heavy atom. The number of benzene rings is 1. The summed E-state index contributed by atoms with van der Waals surface area (Å²) >= 11 is 5.08. The fraction of sp³-hybridized carbons (Fsp3) is 0.0909. The van der Waals surface area contributed by atoms with Gasteiger partial charge in [-0.25, -0.2) is 4.98 Å². The van der Waals surface area contributed by atoms with Crippen LogP contribution in [0.15, 0.2) is 36.7 Å². The van der Waals surface area contributed by atoms with Gasteiger partial charge in [-0.1, -0.05) is 42.5 Å². The molecule has 0 aliphatic rings. The zero-order chi connectivity index (χ0) is 10.7. The number of nitrogens with zero attached hydrogens (tertiary/aromatic N) is 1. The number of rotatable bonds is 2. The fourth-order valence-corrected chi connectivity index (χ4v) is 1.63. The van der Waals surface area contributed by atoms with E-state index >= 15 is 0 Å². The number of H-pyrrole nitrogens is 1. The van der Waals surface area contributed by atoms with Crippen molar-refractivity contribution >= 4 is 12.2 Å². The lowest BCUT2D eigenvalue weighted by molar-refractivity contribution is 0.411. The zero-order valence-electron chi connectivity index (χ0n) is 8.23. The van der Waals surface area contributed by atoms with E-state index in [1.165, 1.54) is 0 Å². The summed E-state index contributed by atoms with van der Waals surface area (Å²) in [6.07, 6.45) is 1.58. The number of nitrogens with one attached hydrogen (secondary N) is 1. The predicted molar refractivity (Wildman–Crippen MR) is 61.4 cm³/mol. The van der Waals surface area contributed by atoms with Gasteiger partial charge in [-0.05, 0) is 0 Å². The van der Waals surface area contributed by atoms with Crippen molar-refractivity contribution in [3.63, 3.8) is 0 Å². The van der Waals surface area contributed by atoms with Crippen LogP contribution in [0.25, 0.3) is 11.3 Å². The molecular weight excluding hydrogens is 208 g/mol. The molecular formula is C11H10N2OS. The second-order valence-corrected chi connectivity index (χ2v) is 3.37. The van der Waals surface area contributed by atoms with Gasteiger partial charge in [0.25, 0.3) is 0 Å². The SMILES string of the molecule is COc1c(-c2ccccc2)[nH]cnc1=S. The van der Waals surface area contributed by atoms with Crippen LogP contribution in [-0.4, -0.2) is 17.1 Å². The van der Waals surface area contributed by atoms with Crippen LogP contribution in [0.3, 0.4) is 0 Å². The van der Waals surface area contributed by atoms with Crippen molar-refractivity contribution in [2.24, 2.45) is 0 Å². The van der Waals surface area contributed by atoms with Crippen LogP contribution in [0.1, 0.15) is 0 Å². The highest BCUT2D eigenvalue weighted by Gasteiger charge is 2.07. The Balaban J connectivity index is 2.63. The van der Waals surface area contributed by atoms with Gasteiger partial charge < -0.3 is 9.72 Å². The average Bonchev–Trinajstić information content (AvgIpc) is 2.30. The summed E-state index contributed by atoms with van der Waals surface area (Å²) in [6.45, 7) is 0. The van der Waals surface area contributed by atoms with Crippen LogP contribution in [-0.2, 0) is 0 Å². The summed E-state index contributed by atoms with van der Waals surface area (Å²) < 4.78 is 5.70. The summed E-state index contributed by atoms with van der Waals surface area (Å²) in [6, 6.07) is 9.87. The van der Waals surface area contributed by atoms with Gasteiger partial charge in [-0.15, -0.1) is 0 Å². The molecule has 1 aromatic heterocycles. The van der Waals surface area contributed by atoms with E-state index in [4.69, 9.17) is 17.0 Å². The van der Waals surface area contributed by atoms with Crippen LogP contribution >= 0.6 is 12.2 Å². The Morgan fingerprint density at radius 2 is 2.00 bits per heavy atom. The maximum Gasteiger partial charge on any atom is 0.179 e. The van der Waals surface area contributed by atoms with E-state index < -0.39 is 0 Å². The van der Waals surface area contributed by atoms with E-state index in [9.17, 15) is 0 Å². The number of ether oxygens (including phenoxy) is 1. The predicted octanol–water partition coefficient (Wildman–Crippen LogP) is 2.81. The first kappa shape index (κ1) is 9.86. The van der Waals surface area contributed by atoms with E-state index in [0.717, 1.165) is 11.3 Å². The largest absolute Gasteiger partial charge is 0.491 e.